The van der Waals surface area contributed by atoms with Gasteiger partial charge in [-0.05, 0) is 13.0 Å². The highest BCUT2D eigenvalue weighted by atomic mass is 35.5. The van der Waals surface area contributed by atoms with Crippen molar-refractivity contribution in [1.82, 2.24) is 10.6 Å². The second kappa shape index (κ2) is 4.53. The van der Waals surface area contributed by atoms with Gasteiger partial charge in [0.1, 0.15) is 6.04 Å². The van der Waals surface area contributed by atoms with Crippen molar-refractivity contribution in [2.24, 2.45) is 4.99 Å². The fraction of sp³-hybridized carbons (Fsp3) is 0.273. The Bertz CT molecular complexity index is 445. The van der Waals surface area contributed by atoms with Crippen LogP contribution in [0.2, 0.25) is 5.02 Å². The number of carbonyl (C=O) groups is 1. The molecule has 84 valence electrons. The van der Waals surface area contributed by atoms with Gasteiger partial charge in [-0.15, -0.1) is 0 Å². The van der Waals surface area contributed by atoms with Gasteiger partial charge < -0.3 is 5.32 Å². The Hall–Kier alpha value is -1.55. The fourth-order valence-electron chi connectivity index (χ4n) is 1.60. The largest absolute Gasteiger partial charge is 0.340 e. The number of carbonyl (C=O) groups excluding carboxylic acids is 1. The second-order valence-corrected chi connectivity index (χ2v) is 3.82. The molecule has 2 N–H and O–H groups in total. The van der Waals surface area contributed by atoms with Crippen molar-refractivity contribution in [2.45, 2.75) is 13.0 Å². The van der Waals surface area contributed by atoms with Crippen LogP contribution in [0.5, 0.6) is 0 Å². The molecule has 0 radical (unpaired) electrons. The van der Waals surface area contributed by atoms with Crippen LogP contribution in [0.25, 0.3) is 0 Å². The quantitative estimate of drug-likeness (QED) is 0.819. The van der Waals surface area contributed by atoms with E-state index in [2.05, 4.69) is 15.6 Å². The summed E-state index contributed by atoms with van der Waals surface area (Å²) < 4.78 is 0. The van der Waals surface area contributed by atoms with Gasteiger partial charge in [-0.2, -0.15) is 0 Å². The lowest BCUT2D eigenvalue weighted by atomic mass is 10.1. The van der Waals surface area contributed by atoms with Crippen LogP contribution in [0.4, 0.5) is 0 Å². The number of nitrogens with one attached hydrogen (secondary N) is 2. The molecule has 1 heterocycles. The standard InChI is InChI=1S/C11H12ClN3O/c1-2-13-11-14-9(10(16)15-11)7-5-3-4-6-8(7)12/h3-6,9H,2H2,1H3,(H2,13,14,15,16). The van der Waals surface area contributed by atoms with Crippen molar-refractivity contribution < 1.29 is 4.79 Å². The molecule has 0 aliphatic carbocycles. The van der Waals surface area contributed by atoms with Crippen LogP contribution in [0.15, 0.2) is 29.3 Å². The van der Waals surface area contributed by atoms with Gasteiger partial charge in [0, 0.05) is 17.1 Å². The molecular weight excluding hydrogens is 226 g/mol. The molecule has 1 atom stereocenters. The minimum absolute atomic E-state index is 0.125. The molecule has 1 saturated heterocycles. The summed E-state index contributed by atoms with van der Waals surface area (Å²) in [5.74, 6) is 0.387. The number of hydrogen-bond donors (Lipinski definition) is 2. The first kappa shape index (κ1) is 11.0. The SMILES string of the molecule is CCN=C1NC(=O)C(c2ccccc2Cl)N1. The van der Waals surface area contributed by atoms with Crippen molar-refractivity contribution in [3.8, 4) is 0 Å². The highest BCUT2D eigenvalue weighted by Crippen LogP contribution is 2.24. The van der Waals surface area contributed by atoms with Crippen molar-refractivity contribution >= 4 is 23.5 Å². The Balaban J connectivity index is 2.27. The van der Waals surface area contributed by atoms with Gasteiger partial charge >= 0.3 is 0 Å². The molecule has 16 heavy (non-hydrogen) atoms. The number of benzene rings is 1. The zero-order chi connectivity index (χ0) is 11.5. The molecule has 1 unspecified atom stereocenters. The Kier molecular flexibility index (Phi) is 3.10. The number of amides is 1. The van der Waals surface area contributed by atoms with Gasteiger partial charge in [-0.25, -0.2) is 0 Å². The maximum absolute atomic E-state index is 11.7. The first-order valence-corrected chi connectivity index (χ1v) is 5.46. The van der Waals surface area contributed by atoms with E-state index >= 15 is 0 Å². The van der Waals surface area contributed by atoms with E-state index in [4.69, 9.17) is 11.6 Å². The number of nitrogens with zero attached hydrogens (tertiary/aromatic N) is 1. The van der Waals surface area contributed by atoms with Gasteiger partial charge in [0.05, 0.1) is 0 Å². The summed E-state index contributed by atoms with van der Waals surface area (Å²) in [6, 6.07) is 6.83. The zero-order valence-corrected chi connectivity index (χ0v) is 9.58. The Labute approximate surface area is 98.7 Å². The van der Waals surface area contributed by atoms with E-state index in [0.29, 0.717) is 17.5 Å². The predicted octanol–water partition coefficient (Wildman–Crippen LogP) is 1.48. The third-order valence-electron chi connectivity index (χ3n) is 2.32. The summed E-state index contributed by atoms with van der Waals surface area (Å²) in [4.78, 5) is 15.8. The second-order valence-electron chi connectivity index (χ2n) is 3.41. The molecule has 0 aromatic heterocycles. The van der Waals surface area contributed by atoms with Gasteiger partial charge in [-0.1, -0.05) is 29.8 Å². The van der Waals surface area contributed by atoms with Gasteiger partial charge in [0.2, 0.25) is 0 Å². The topological polar surface area (TPSA) is 53.5 Å². The Morgan fingerprint density at radius 3 is 2.88 bits per heavy atom. The van der Waals surface area contributed by atoms with E-state index in [1.54, 1.807) is 6.07 Å². The van der Waals surface area contributed by atoms with Crippen LogP contribution in [-0.2, 0) is 4.79 Å². The number of aliphatic imine (C=N–C) groups is 1. The van der Waals surface area contributed by atoms with Gasteiger partial charge in [0.25, 0.3) is 5.91 Å². The third kappa shape index (κ3) is 2.02. The number of rotatable bonds is 2. The highest BCUT2D eigenvalue weighted by Gasteiger charge is 2.30. The molecule has 1 fully saturated rings. The molecular formula is C11H12ClN3O. The average molecular weight is 238 g/mol. The summed E-state index contributed by atoms with van der Waals surface area (Å²) in [5, 5.41) is 6.25. The first-order chi connectivity index (χ1) is 7.72. The first-order valence-electron chi connectivity index (χ1n) is 5.08. The Morgan fingerprint density at radius 1 is 1.44 bits per heavy atom. The predicted molar refractivity (Wildman–Crippen MR) is 63.4 cm³/mol. The van der Waals surface area contributed by atoms with Crippen LogP contribution in [0, 0.1) is 0 Å². The molecule has 0 bridgehead atoms. The van der Waals surface area contributed by atoms with Crippen molar-refractivity contribution in [3.63, 3.8) is 0 Å². The van der Waals surface area contributed by atoms with E-state index in [1.165, 1.54) is 0 Å². The Morgan fingerprint density at radius 2 is 2.19 bits per heavy atom. The summed E-state index contributed by atoms with van der Waals surface area (Å²) in [6.45, 7) is 2.53. The molecule has 1 aromatic carbocycles. The lowest BCUT2D eigenvalue weighted by molar-refractivity contribution is -0.120. The fourth-order valence-corrected chi connectivity index (χ4v) is 1.84. The summed E-state index contributed by atoms with van der Waals surface area (Å²) >= 11 is 6.03. The van der Waals surface area contributed by atoms with E-state index in [9.17, 15) is 4.79 Å². The van der Waals surface area contributed by atoms with Crippen LogP contribution in [0.3, 0.4) is 0 Å². The number of halogens is 1. The highest BCUT2D eigenvalue weighted by molar-refractivity contribution is 6.31. The summed E-state index contributed by atoms with van der Waals surface area (Å²) in [7, 11) is 0. The maximum atomic E-state index is 11.7. The average Bonchev–Trinajstić information content (AvgIpc) is 2.61. The lowest BCUT2D eigenvalue weighted by Gasteiger charge is -2.09. The number of guanidine groups is 1. The summed E-state index contributed by atoms with van der Waals surface area (Å²) in [5.41, 5.74) is 0.767. The molecule has 0 saturated carbocycles. The molecule has 0 spiro atoms. The van der Waals surface area contributed by atoms with E-state index in [1.807, 2.05) is 25.1 Å². The van der Waals surface area contributed by atoms with Crippen LogP contribution >= 0.6 is 11.6 Å². The van der Waals surface area contributed by atoms with E-state index in [0.717, 1.165) is 5.56 Å². The van der Waals surface area contributed by atoms with Crippen LogP contribution < -0.4 is 10.6 Å². The molecule has 1 aromatic rings. The van der Waals surface area contributed by atoms with Gasteiger partial charge in [-0.3, -0.25) is 15.1 Å². The number of hydrogen-bond acceptors (Lipinski definition) is 2. The van der Waals surface area contributed by atoms with Crippen LogP contribution in [-0.4, -0.2) is 18.4 Å². The third-order valence-corrected chi connectivity index (χ3v) is 2.66. The van der Waals surface area contributed by atoms with Gasteiger partial charge in [0.15, 0.2) is 5.96 Å². The van der Waals surface area contributed by atoms with Crippen LogP contribution in [0.1, 0.15) is 18.5 Å². The zero-order valence-electron chi connectivity index (χ0n) is 8.83. The minimum atomic E-state index is -0.445. The normalized spacial score (nSPS) is 22.0. The smallest absolute Gasteiger partial charge is 0.253 e. The molecule has 4 nitrogen and oxygen atoms in total. The van der Waals surface area contributed by atoms with Crippen molar-refractivity contribution in [1.29, 1.82) is 0 Å². The molecule has 1 aliphatic heterocycles. The van der Waals surface area contributed by atoms with E-state index in [-0.39, 0.29) is 5.91 Å². The van der Waals surface area contributed by atoms with Crippen molar-refractivity contribution in [3.05, 3.63) is 34.9 Å². The monoisotopic (exact) mass is 237 g/mol. The summed E-state index contributed by atoms with van der Waals surface area (Å²) in [6.07, 6.45) is 0. The van der Waals surface area contributed by atoms with E-state index < -0.39 is 6.04 Å². The molecule has 1 amide bonds. The minimum Gasteiger partial charge on any atom is -0.340 e. The molecule has 5 heteroatoms. The molecule has 1 aliphatic rings. The maximum Gasteiger partial charge on any atom is 0.253 e. The van der Waals surface area contributed by atoms with Crippen molar-refractivity contribution in [2.75, 3.05) is 6.54 Å². The lowest BCUT2D eigenvalue weighted by Crippen LogP contribution is -2.25. The molecule has 2 rings (SSSR count).